The van der Waals surface area contributed by atoms with Crippen molar-refractivity contribution in [3.8, 4) is 0 Å². The predicted octanol–water partition coefficient (Wildman–Crippen LogP) is 3.81. The summed E-state index contributed by atoms with van der Waals surface area (Å²) in [6.07, 6.45) is 11.8. The Morgan fingerprint density at radius 2 is 2.04 bits per heavy atom. The molecule has 6 nitrogen and oxygen atoms in total. The monoisotopic (exact) mass is 357 g/mol. The molecule has 142 valence electrons. The molecule has 4 rings (SSSR count). The molecule has 2 unspecified atom stereocenters. The Morgan fingerprint density at radius 3 is 2.73 bits per heavy atom. The van der Waals surface area contributed by atoms with Crippen LogP contribution >= 0.6 is 0 Å². The lowest BCUT2D eigenvalue weighted by atomic mass is 9.54. The Kier molecular flexibility index (Phi) is 4.63. The van der Waals surface area contributed by atoms with E-state index < -0.39 is 0 Å². The number of nitrogens with zero attached hydrogens (tertiary/aromatic N) is 5. The third-order valence-electron chi connectivity index (χ3n) is 6.55. The molecular formula is C20H31N5O. The summed E-state index contributed by atoms with van der Waals surface area (Å²) in [5.41, 5.74) is 1.14. The van der Waals surface area contributed by atoms with Crippen molar-refractivity contribution in [2.24, 2.45) is 5.41 Å². The molecule has 0 bridgehead atoms. The van der Waals surface area contributed by atoms with Gasteiger partial charge in [-0.2, -0.15) is 0 Å². The van der Waals surface area contributed by atoms with E-state index in [1.807, 2.05) is 12.4 Å². The molecule has 26 heavy (non-hydrogen) atoms. The minimum Gasteiger partial charge on any atom is -0.378 e. The lowest BCUT2D eigenvalue weighted by Crippen LogP contribution is -2.65. The lowest BCUT2D eigenvalue weighted by molar-refractivity contribution is -0.141. The van der Waals surface area contributed by atoms with Crippen molar-refractivity contribution in [2.75, 3.05) is 18.6 Å². The van der Waals surface area contributed by atoms with Crippen LogP contribution < -0.4 is 4.90 Å². The van der Waals surface area contributed by atoms with E-state index >= 15 is 0 Å². The number of ether oxygens (including phenoxy) is 1. The molecule has 1 spiro atoms. The number of aromatic nitrogens is 4. The second kappa shape index (κ2) is 6.80. The number of rotatable bonds is 5. The first-order valence-electron chi connectivity index (χ1n) is 10.1. The maximum atomic E-state index is 6.13. The summed E-state index contributed by atoms with van der Waals surface area (Å²) >= 11 is 0. The maximum Gasteiger partial charge on any atom is 0.203 e. The molecule has 2 aliphatic rings. The second-order valence-corrected chi connectivity index (χ2v) is 8.26. The zero-order chi connectivity index (χ0) is 18.3. The fourth-order valence-electron chi connectivity index (χ4n) is 5.19. The van der Waals surface area contributed by atoms with Gasteiger partial charge in [-0.25, -0.2) is 4.98 Å². The molecule has 2 heterocycles. The van der Waals surface area contributed by atoms with Crippen molar-refractivity contribution in [3.63, 3.8) is 0 Å². The zero-order valence-corrected chi connectivity index (χ0v) is 16.5. The third-order valence-corrected chi connectivity index (χ3v) is 6.55. The van der Waals surface area contributed by atoms with Gasteiger partial charge in [-0.05, 0) is 26.2 Å². The van der Waals surface area contributed by atoms with Crippen molar-refractivity contribution in [1.82, 2.24) is 19.6 Å². The quantitative estimate of drug-likeness (QED) is 0.814. The molecule has 0 aliphatic heterocycles. The SMILES string of the molecule is CCOC1CC(N(C)c2nccn3c(C(C)C)nnc23)C12CCCCC2. The first kappa shape index (κ1) is 17.7. The minimum absolute atomic E-state index is 0.276. The molecule has 2 aromatic heterocycles. The van der Waals surface area contributed by atoms with Gasteiger partial charge in [0.25, 0.3) is 0 Å². The molecule has 0 N–H and O–H groups in total. The average molecular weight is 358 g/mol. The largest absolute Gasteiger partial charge is 0.378 e. The number of anilines is 1. The summed E-state index contributed by atoms with van der Waals surface area (Å²) in [5, 5.41) is 8.88. The molecule has 2 saturated carbocycles. The molecule has 0 aromatic carbocycles. The van der Waals surface area contributed by atoms with Crippen LogP contribution in [-0.2, 0) is 4.74 Å². The highest BCUT2D eigenvalue weighted by molar-refractivity contribution is 5.64. The third kappa shape index (κ3) is 2.61. The summed E-state index contributed by atoms with van der Waals surface area (Å²) in [4.78, 5) is 7.05. The van der Waals surface area contributed by atoms with Crippen LogP contribution in [-0.4, -0.2) is 45.4 Å². The first-order valence-corrected chi connectivity index (χ1v) is 10.1. The van der Waals surface area contributed by atoms with Crippen molar-refractivity contribution < 1.29 is 4.74 Å². The van der Waals surface area contributed by atoms with Gasteiger partial charge in [0.05, 0.1) is 6.10 Å². The van der Waals surface area contributed by atoms with Crippen LogP contribution in [0.4, 0.5) is 5.82 Å². The van der Waals surface area contributed by atoms with Crippen molar-refractivity contribution in [1.29, 1.82) is 0 Å². The fraction of sp³-hybridized carbons (Fsp3) is 0.750. The summed E-state index contributed by atoms with van der Waals surface area (Å²) < 4.78 is 8.22. The molecule has 2 fully saturated rings. The molecule has 2 atom stereocenters. The first-order chi connectivity index (χ1) is 12.6. The van der Waals surface area contributed by atoms with Gasteiger partial charge >= 0.3 is 0 Å². The highest BCUT2D eigenvalue weighted by atomic mass is 16.5. The van der Waals surface area contributed by atoms with Crippen molar-refractivity contribution in [2.45, 2.75) is 77.4 Å². The Balaban J connectivity index is 1.67. The number of hydrogen-bond donors (Lipinski definition) is 0. The summed E-state index contributed by atoms with van der Waals surface area (Å²) in [5.74, 6) is 2.27. The van der Waals surface area contributed by atoms with Crippen LogP contribution in [0.3, 0.4) is 0 Å². The summed E-state index contributed by atoms with van der Waals surface area (Å²) in [6, 6.07) is 0.470. The second-order valence-electron chi connectivity index (χ2n) is 8.26. The Bertz CT molecular complexity index is 765. The Labute approximate surface area is 156 Å². The van der Waals surface area contributed by atoms with E-state index in [2.05, 4.69) is 47.3 Å². The lowest BCUT2D eigenvalue weighted by Gasteiger charge is -2.60. The van der Waals surface area contributed by atoms with Gasteiger partial charge in [0.2, 0.25) is 5.65 Å². The normalized spacial score (nSPS) is 25.0. The van der Waals surface area contributed by atoms with Gasteiger partial charge in [0, 0.05) is 43.4 Å². The molecular weight excluding hydrogens is 326 g/mol. The van der Waals surface area contributed by atoms with E-state index in [1.165, 1.54) is 32.1 Å². The van der Waals surface area contributed by atoms with Gasteiger partial charge < -0.3 is 9.64 Å². The minimum atomic E-state index is 0.276. The number of hydrogen-bond acceptors (Lipinski definition) is 5. The molecule has 2 aromatic rings. The average Bonchev–Trinajstić information content (AvgIpc) is 3.09. The summed E-state index contributed by atoms with van der Waals surface area (Å²) in [6.45, 7) is 7.21. The van der Waals surface area contributed by atoms with E-state index in [0.29, 0.717) is 18.1 Å². The smallest absolute Gasteiger partial charge is 0.203 e. The van der Waals surface area contributed by atoms with E-state index in [-0.39, 0.29) is 5.41 Å². The molecule has 0 radical (unpaired) electrons. The Hall–Kier alpha value is -1.69. The van der Waals surface area contributed by atoms with E-state index in [4.69, 9.17) is 9.72 Å². The van der Waals surface area contributed by atoms with Gasteiger partial charge in [-0.1, -0.05) is 33.1 Å². The highest BCUT2D eigenvalue weighted by Crippen LogP contribution is 2.55. The zero-order valence-electron chi connectivity index (χ0n) is 16.5. The van der Waals surface area contributed by atoms with Crippen molar-refractivity contribution >= 4 is 11.5 Å². The topological polar surface area (TPSA) is 55.5 Å². The standard InChI is InChI=1S/C20H31N5O/c1-5-26-16-13-15(20(16)9-7-6-8-10-20)24(4)18-19-23-22-17(14(2)3)25(19)12-11-21-18/h11-12,14-16H,5-10,13H2,1-4H3. The van der Waals surface area contributed by atoms with Gasteiger partial charge in [0.1, 0.15) is 5.82 Å². The van der Waals surface area contributed by atoms with Crippen LogP contribution in [0, 0.1) is 5.41 Å². The highest BCUT2D eigenvalue weighted by Gasteiger charge is 2.57. The molecule has 0 saturated heterocycles. The van der Waals surface area contributed by atoms with Crippen LogP contribution in [0.1, 0.15) is 71.0 Å². The van der Waals surface area contributed by atoms with Crippen molar-refractivity contribution in [3.05, 3.63) is 18.2 Å². The van der Waals surface area contributed by atoms with Gasteiger partial charge in [-0.3, -0.25) is 4.40 Å². The fourth-order valence-corrected chi connectivity index (χ4v) is 5.19. The number of fused-ring (bicyclic) bond motifs is 1. The van der Waals surface area contributed by atoms with Gasteiger partial charge in [-0.15, -0.1) is 10.2 Å². The van der Waals surface area contributed by atoms with E-state index in [0.717, 1.165) is 30.3 Å². The maximum absolute atomic E-state index is 6.13. The Morgan fingerprint density at radius 1 is 1.27 bits per heavy atom. The van der Waals surface area contributed by atoms with E-state index in [1.54, 1.807) is 0 Å². The van der Waals surface area contributed by atoms with Crippen LogP contribution in [0.15, 0.2) is 12.4 Å². The molecule has 2 aliphatic carbocycles. The van der Waals surface area contributed by atoms with Gasteiger partial charge in [0.15, 0.2) is 5.82 Å². The van der Waals surface area contributed by atoms with Crippen LogP contribution in [0.5, 0.6) is 0 Å². The molecule has 6 heteroatoms. The van der Waals surface area contributed by atoms with Crippen LogP contribution in [0.2, 0.25) is 0 Å². The van der Waals surface area contributed by atoms with E-state index in [9.17, 15) is 0 Å². The molecule has 0 amide bonds. The predicted molar refractivity (Wildman–Crippen MR) is 103 cm³/mol. The summed E-state index contributed by atoms with van der Waals surface area (Å²) in [7, 11) is 2.18. The van der Waals surface area contributed by atoms with Crippen LogP contribution in [0.25, 0.3) is 5.65 Å².